The zero-order chi connectivity index (χ0) is 55.3. The minimum atomic E-state index is -2.13. The maximum absolute atomic E-state index is 7.85. The molecular formula is C69H111O3P. The van der Waals surface area contributed by atoms with Crippen molar-refractivity contribution in [3.8, 4) is 0 Å². The zero-order valence-corrected chi connectivity index (χ0v) is 52.2. The molecule has 73 heavy (non-hydrogen) atoms. The molecule has 3 rings (SSSR count). The molecule has 0 bridgehead atoms. The van der Waals surface area contributed by atoms with E-state index in [1.54, 1.807) is 0 Å². The van der Waals surface area contributed by atoms with Gasteiger partial charge in [0.05, 0.1) is 0 Å². The van der Waals surface area contributed by atoms with E-state index < -0.39 is 26.9 Å². The van der Waals surface area contributed by atoms with Crippen molar-refractivity contribution in [2.45, 2.75) is 293 Å². The third-order valence-corrected chi connectivity index (χ3v) is 15.9. The van der Waals surface area contributed by atoms with Crippen molar-refractivity contribution in [3.63, 3.8) is 0 Å². The van der Waals surface area contributed by atoms with Crippen LogP contribution in [0.5, 0.6) is 0 Å². The van der Waals surface area contributed by atoms with Gasteiger partial charge >= 0.3 is 8.60 Å². The topological polar surface area (TPSA) is 27.7 Å². The van der Waals surface area contributed by atoms with Gasteiger partial charge in [-0.2, -0.15) is 0 Å². The van der Waals surface area contributed by atoms with Crippen LogP contribution in [0.15, 0.2) is 91.1 Å². The summed E-state index contributed by atoms with van der Waals surface area (Å²) in [6, 6.07) is 21.2. The number of hydrogen-bond acceptors (Lipinski definition) is 3. The molecule has 3 atom stereocenters. The van der Waals surface area contributed by atoms with Crippen LogP contribution in [0.2, 0.25) is 0 Å². The molecule has 0 heterocycles. The summed E-state index contributed by atoms with van der Waals surface area (Å²) in [7, 11) is -2.13. The molecule has 0 saturated carbocycles. The fourth-order valence-corrected chi connectivity index (χ4v) is 11.3. The zero-order valence-electron chi connectivity index (χ0n) is 51.3. The third kappa shape index (κ3) is 19.6. The summed E-state index contributed by atoms with van der Waals surface area (Å²) in [6.45, 7) is 63.4. The minimum Gasteiger partial charge on any atom is -0.299 e. The molecule has 4 heteroatoms. The van der Waals surface area contributed by atoms with Crippen LogP contribution < -0.4 is 0 Å². The Labute approximate surface area is 453 Å². The van der Waals surface area contributed by atoms with E-state index in [9.17, 15) is 0 Å². The second kappa shape index (κ2) is 27.5. The summed E-state index contributed by atoms with van der Waals surface area (Å²) in [5.41, 5.74) is 13.7. The Bertz CT molecular complexity index is 1960. The van der Waals surface area contributed by atoms with E-state index in [-0.39, 0.29) is 32.5 Å². The summed E-state index contributed by atoms with van der Waals surface area (Å²) < 4.78 is 23.6. The molecule has 410 valence electrons. The van der Waals surface area contributed by atoms with Crippen LogP contribution in [-0.4, -0.2) is 0 Å². The largest absolute Gasteiger partial charge is 0.335 e. The summed E-state index contributed by atoms with van der Waals surface area (Å²) in [5.74, 6) is 0. The maximum Gasteiger partial charge on any atom is 0.335 e. The summed E-state index contributed by atoms with van der Waals surface area (Å²) in [5, 5.41) is 0. The number of unbranched alkanes of at least 4 members (excludes halogenated alkanes) is 9. The molecule has 0 spiro atoms. The SMILES string of the molecule is C=C(CCCCCC)C(OP(OC(C(=C)CCCCCC)c1ccc(C(C)(C)C)cc1C(C)(C)C)OC(C(=C)CCCCCC)c1ccc(C(C)(C)C)cc1C(C)(C)C)c1ccc(C(C)(C)C)cc1C(C)(C)C. The molecule has 0 aromatic heterocycles. The fraction of sp³-hybridized carbons (Fsp3) is 0.652. The van der Waals surface area contributed by atoms with Gasteiger partial charge < -0.3 is 0 Å². The predicted octanol–water partition coefficient (Wildman–Crippen LogP) is 22.9. The highest BCUT2D eigenvalue weighted by Crippen LogP contribution is 2.58. The van der Waals surface area contributed by atoms with Crippen LogP contribution in [0.25, 0.3) is 0 Å². The van der Waals surface area contributed by atoms with Crippen molar-refractivity contribution < 1.29 is 13.6 Å². The highest BCUT2D eigenvalue weighted by atomic mass is 31.2. The Morgan fingerprint density at radius 2 is 0.589 bits per heavy atom. The molecule has 3 nitrogen and oxygen atoms in total. The highest BCUT2D eigenvalue weighted by Gasteiger charge is 2.38. The van der Waals surface area contributed by atoms with Gasteiger partial charge in [0.15, 0.2) is 0 Å². The molecule has 0 fully saturated rings. The summed E-state index contributed by atoms with van der Waals surface area (Å²) in [4.78, 5) is 0. The summed E-state index contributed by atoms with van der Waals surface area (Å²) in [6.07, 6.45) is 14.8. The van der Waals surface area contributed by atoms with Gasteiger partial charge in [0.25, 0.3) is 0 Å². The van der Waals surface area contributed by atoms with E-state index >= 15 is 0 Å². The number of rotatable bonds is 27. The molecule has 0 amide bonds. The molecule has 0 radical (unpaired) electrons. The number of hydrogen-bond donors (Lipinski definition) is 0. The normalized spacial score (nSPS) is 14.8. The first-order valence-electron chi connectivity index (χ1n) is 28.9. The Hall–Kier alpha value is -2.81. The standard InChI is InChI=1S/C69H111O3P/c1-25-28-31-34-37-49(4)61(55-43-40-52(64(7,8)9)46-58(55)67(16,17)18)70-73(71-62(50(5)38-35-32-29-26-2)56-44-41-53(65(10,11)12)47-59(56)68(19,20)21)72-63(51(6)39-36-33-30-27-3)57-45-42-54(66(13,14)15)48-60(57)69(22,23)24/h40-48,61-63H,4-6,25-39H2,1-3,7-24H3. The van der Waals surface area contributed by atoms with Crippen LogP contribution in [0.1, 0.15) is 310 Å². The third-order valence-electron chi connectivity index (χ3n) is 14.8. The van der Waals surface area contributed by atoms with Gasteiger partial charge in [-0.05, 0) is 138 Å². The lowest BCUT2D eigenvalue weighted by molar-refractivity contribution is 0.0882. The molecule has 0 aliphatic rings. The van der Waals surface area contributed by atoms with Crippen molar-refractivity contribution in [3.05, 3.63) is 141 Å². The predicted molar refractivity (Wildman–Crippen MR) is 324 cm³/mol. The van der Waals surface area contributed by atoms with Crippen LogP contribution in [-0.2, 0) is 46.1 Å². The van der Waals surface area contributed by atoms with E-state index in [0.717, 1.165) is 91.2 Å². The Morgan fingerprint density at radius 1 is 0.356 bits per heavy atom. The summed E-state index contributed by atoms with van der Waals surface area (Å²) >= 11 is 0. The van der Waals surface area contributed by atoms with Crippen LogP contribution in [0.4, 0.5) is 0 Å². The van der Waals surface area contributed by atoms with Crippen molar-refractivity contribution in [1.82, 2.24) is 0 Å². The highest BCUT2D eigenvalue weighted by molar-refractivity contribution is 7.41. The van der Waals surface area contributed by atoms with E-state index in [1.807, 2.05) is 0 Å². The fourth-order valence-electron chi connectivity index (χ4n) is 9.82. The van der Waals surface area contributed by atoms with Crippen molar-refractivity contribution in [1.29, 1.82) is 0 Å². The van der Waals surface area contributed by atoms with Gasteiger partial charge in [-0.15, -0.1) is 0 Å². The average Bonchev–Trinajstić information content (AvgIpc) is 3.28. The van der Waals surface area contributed by atoms with Gasteiger partial charge in [-0.25, -0.2) is 0 Å². The Balaban J connectivity index is 2.57. The van der Waals surface area contributed by atoms with Crippen molar-refractivity contribution in [2.75, 3.05) is 0 Å². The van der Waals surface area contributed by atoms with E-state index in [1.165, 1.54) is 71.9 Å². The van der Waals surface area contributed by atoms with Crippen LogP contribution >= 0.6 is 8.60 Å². The lowest BCUT2D eigenvalue weighted by Gasteiger charge is -2.37. The average molecular weight is 1020 g/mol. The van der Waals surface area contributed by atoms with Crippen molar-refractivity contribution >= 4 is 8.60 Å². The molecular weight excluding hydrogens is 908 g/mol. The monoisotopic (exact) mass is 1020 g/mol. The molecule has 0 saturated heterocycles. The van der Waals surface area contributed by atoms with E-state index in [2.05, 4.69) is 200 Å². The Morgan fingerprint density at radius 3 is 0.781 bits per heavy atom. The molecule has 3 aromatic carbocycles. The van der Waals surface area contributed by atoms with Gasteiger partial charge in [-0.1, -0.05) is 278 Å². The lowest BCUT2D eigenvalue weighted by Crippen LogP contribution is -2.23. The van der Waals surface area contributed by atoms with Gasteiger partial charge in [-0.3, -0.25) is 13.6 Å². The van der Waals surface area contributed by atoms with Gasteiger partial charge in [0.2, 0.25) is 0 Å². The number of benzene rings is 3. The van der Waals surface area contributed by atoms with Gasteiger partial charge in [0, 0.05) is 0 Å². The Kier molecular flexibility index (Phi) is 24.3. The first-order valence-corrected chi connectivity index (χ1v) is 30.0. The molecule has 0 aliphatic heterocycles. The quantitative estimate of drug-likeness (QED) is 0.0433. The first-order chi connectivity index (χ1) is 33.7. The van der Waals surface area contributed by atoms with Crippen molar-refractivity contribution in [2.24, 2.45) is 0 Å². The van der Waals surface area contributed by atoms with Crippen LogP contribution in [0, 0.1) is 0 Å². The van der Waals surface area contributed by atoms with Crippen LogP contribution in [0.3, 0.4) is 0 Å². The second-order valence-corrected chi connectivity index (χ2v) is 29.1. The lowest BCUT2D eigenvalue weighted by atomic mass is 9.76. The molecule has 3 aromatic rings. The maximum atomic E-state index is 7.85. The second-order valence-electron chi connectivity index (χ2n) is 28.0. The molecule has 0 aliphatic carbocycles. The van der Waals surface area contributed by atoms with E-state index in [4.69, 9.17) is 33.3 Å². The minimum absolute atomic E-state index is 0.0269. The molecule has 3 unspecified atom stereocenters. The smallest absolute Gasteiger partial charge is 0.299 e. The van der Waals surface area contributed by atoms with E-state index in [0.29, 0.717) is 0 Å². The first kappa shape index (κ1) is 64.5. The van der Waals surface area contributed by atoms with Gasteiger partial charge in [0.1, 0.15) is 18.3 Å². The molecule has 0 N–H and O–H groups in total.